The van der Waals surface area contributed by atoms with E-state index < -0.39 is 12.0 Å². The second kappa shape index (κ2) is 7.32. The van der Waals surface area contributed by atoms with E-state index >= 15 is 0 Å². The third-order valence-electron chi connectivity index (χ3n) is 3.92. The highest BCUT2D eigenvalue weighted by Crippen LogP contribution is 2.40. The Kier molecular flexibility index (Phi) is 5.32. The van der Waals surface area contributed by atoms with Gasteiger partial charge < -0.3 is 15.7 Å². The van der Waals surface area contributed by atoms with Crippen LogP contribution in [-0.4, -0.2) is 90.6 Å². The summed E-state index contributed by atoms with van der Waals surface area (Å²) < 4.78 is 1.69. The molecule has 1 fully saturated rings. The molecule has 25 heavy (non-hydrogen) atoms. The zero-order valence-corrected chi connectivity index (χ0v) is 15.5. The van der Waals surface area contributed by atoms with Crippen molar-refractivity contribution in [3.05, 3.63) is 11.3 Å². The first kappa shape index (κ1) is 18.2. The minimum Gasteiger partial charge on any atom is -0.477 e. The number of thioether (sulfide) groups is 2. The van der Waals surface area contributed by atoms with Crippen LogP contribution in [0, 0.1) is 0 Å². The molecular formula is C13H19N7O3S2. The van der Waals surface area contributed by atoms with E-state index in [1.54, 1.807) is 4.68 Å². The maximum atomic E-state index is 11.9. The van der Waals surface area contributed by atoms with Crippen LogP contribution in [0.4, 0.5) is 0 Å². The number of aromatic nitrogens is 4. The molecule has 2 aliphatic rings. The third-order valence-corrected chi connectivity index (χ3v) is 6.33. The molecule has 3 rings (SSSR count). The molecule has 0 aliphatic carbocycles. The molecule has 3 N–H and O–H groups in total. The number of aliphatic carboxylic acids is 1. The zero-order valence-electron chi connectivity index (χ0n) is 13.8. The van der Waals surface area contributed by atoms with Gasteiger partial charge in [0.15, 0.2) is 0 Å². The second-order valence-corrected chi connectivity index (χ2v) is 8.02. The molecule has 10 nitrogen and oxygen atoms in total. The Labute approximate surface area is 152 Å². The second-order valence-electron chi connectivity index (χ2n) is 5.97. The fraction of sp³-hybridized carbons (Fsp3) is 0.615. The van der Waals surface area contributed by atoms with Crippen molar-refractivity contribution < 1.29 is 14.7 Å². The topological polar surface area (TPSA) is 130 Å². The van der Waals surface area contributed by atoms with Crippen LogP contribution in [0.2, 0.25) is 0 Å². The number of tetrazole rings is 1. The predicted octanol–water partition coefficient (Wildman–Crippen LogP) is -1.09. The first-order valence-electron chi connectivity index (χ1n) is 7.59. The van der Waals surface area contributed by atoms with E-state index in [-0.39, 0.29) is 17.0 Å². The molecule has 0 unspecified atom stereocenters. The molecule has 0 saturated carbocycles. The molecule has 136 valence electrons. The molecule has 0 aromatic carbocycles. The van der Waals surface area contributed by atoms with Gasteiger partial charge in [-0.25, -0.2) is 9.48 Å². The quantitative estimate of drug-likeness (QED) is 0.441. The highest BCUT2D eigenvalue weighted by molar-refractivity contribution is 8.01. The standard InChI is InChI=1S/C13H19N7O3S2/c1-18(2)3-4-19-13(15-16-17-19)25-6-7-5-24-11-8(14)10(21)20(11)9(7)12(22)23/h8,11H,3-6,14H2,1-2H3,(H,22,23)/t8-,11+/m0/s1. The number of fused-ring (bicyclic) bond motifs is 1. The Balaban J connectivity index is 1.73. The van der Waals surface area contributed by atoms with Crippen LogP contribution >= 0.6 is 23.5 Å². The monoisotopic (exact) mass is 385 g/mol. The van der Waals surface area contributed by atoms with Crippen LogP contribution in [0.1, 0.15) is 0 Å². The Morgan fingerprint density at radius 1 is 1.52 bits per heavy atom. The smallest absolute Gasteiger partial charge is 0.352 e. The molecule has 1 aromatic heterocycles. The van der Waals surface area contributed by atoms with E-state index in [9.17, 15) is 14.7 Å². The van der Waals surface area contributed by atoms with E-state index in [4.69, 9.17) is 5.73 Å². The normalized spacial score (nSPS) is 23.0. The number of amides is 1. The van der Waals surface area contributed by atoms with Gasteiger partial charge in [-0.15, -0.1) is 16.9 Å². The average molecular weight is 385 g/mol. The molecule has 0 radical (unpaired) electrons. The van der Waals surface area contributed by atoms with E-state index in [0.29, 0.717) is 28.8 Å². The summed E-state index contributed by atoms with van der Waals surface area (Å²) in [5, 5.41) is 21.5. The summed E-state index contributed by atoms with van der Waals surface area (Å²) in [6.45, 7) is 1.43. The molecule has 12 heteroatoms. The molecule has 2 atom stereocenters. The summed E-state index contributed by atoms with van der Waals surface area (Å²) in [7, 11) is 3.93. The predicted molar refractivity (Wildman–Crippen MR) is 92.8 cm³/mol. The Bertz CT molecular complexity index is 720. The average Bonchev–Trinajstić information content (AvgIpc) is 3.03. The third kappa shape index (κ3) is 3.52. The molecule has 1 saturated heterocycles. The Morgan fingerprint density at radius 3 is 2.96 bits per heavy atom. The van der Waals surface area contributed by atoms with Crippen molar-refractivity contribution in [1.82, 2.24) is 30.0 Å². The lowest BCUT2D eigenvalue weighted by Gasteiger charge is -2.48. The number of β-lactam (4-membered cyclic amide) rings is 1. The number of hydrogen-bond donors (Lipinski definition) is 2. The fourth-order valence-electron chi connectivity index (χ4n) is 2.58. The number of carboxylic acid groups (broad SMARTS) is 1. The molecule has 3 heterocycles. The van der Waals surface area contributed by atoms with Crippen LogP contribution in [-0.2, 0) is 16.1 Å². The number of hydrogen-bond acceptors (Lipinski definition) is 9. The van der Waals surface area contributed by atoms with Crippen LogP contribution in [0.5, 0.6) is 0 Å². The zero-order chi connectivity index (χ0) is 18.1. The molecule has 0 bridgehead atoms. The van der Waals surface area contributed by atoms with Crippen molar-refractivity contribution in [2.24, 2.45) is 5.73 Å². The van der Waals surface area contributed by atoms with Crippen molar-refractivity contribution in [1.29, 1.82) is 0 Å². The summed E-state index contributed by atoms with van der Waals surface area (Å²) in [6, 6.07) is -0.619. The summed E-state index contributed by atoms with van der Waals surface area (Å²) >= 11 is 2.86. The van der Waals surface area contributed by atoms with Crippen molar-refractivity contribution >= 4 is 35.4 Å². The van der Waals surface area contributed by atoms with Crippen LogP contribution in [0.15, 0.2) is 16.4 Å². The van der Waals surface area contributed by atoms with Gasteiger partial charge in [-0.1, -0.05) is 11.8 Å². The molecule has 1 aromatic rings. The van der Waals surface area contributed by atoms with Crippen LogP contribution < -0.4 is 5.73 Å². The molecule has 1 amide bonds. The number of likely N-dealkylation sites (N-methyl/N-ethyl adjacent to an activating group) is 1. The van der Waals surface area contributed by atoms with Crippen molar-refractivity contribution in [3.63, 3.8) is 0 Å². The summed E-state index contributed by atoms with van der Waals surface area (Å²) in [6.07, 6.45) is 0. The van der Waals surface area contributed by atoms with Gasteiger partial charge in [0, 0.05) is 18.1 Å². The fourth-order valence-corrected chi connectivity index (χ4v) is 4.91. The maximum Gasteiger partial charge on any atom is 0.352 e. The molecule has 2 aliphatic heterocycles. The van der Waals surface area contributed by atoms with E-state index in [0.717, 1.165) is 6.54 Å². The van der Waals surface area contributed by atoms with Gasteiger partial charge in [-0.05, 0) is 30.1 Å². The van der Waals surface area contributed by atoms with Gasteiger partial charge in [0.2, 0.25) is 11.1 Å². The van der Waals surface area contributed by atoms with Gasteiger partial charge >= 0.3 is 5.97 Å². The number of nitrogens with two attached hydrogens (primary N) is 1. The number of carboxylic acids is 1. The Morgan fingerprint density at radius 2 is 2.28 bits per heavy atom. The molecule has 0 spiro atoms. The first-order chi connectivity index (χ1) is 11.9. The lowest BCUT2D eigenvalue weighted by molar-refractivity contribution is -0.147. The van der Waals surface area contributed by atoms with Crippen molar-refractivity contribution in [3.8, 4) is 0 Å². The van der Waals surface area contributed by atoms with E-state index in [1.165, 1.54) is 28.4 Å². The van der Waals surface area contributed by atoms with Crippen LogP contribution in [0.3, 0.4) is 0 Å². The van der Waals surface area contributed by atoms with Crippen LogP contribution in [0.25, 0.3) is 0 Å². The number of rotatable bonds is 7. The number of nitrogens with zero attached hydrogens (tertiary/aromatic N) is 6. The van der Waals surface area contributed by atoms with Gasteiger partial charge in [-0.2, -0.15) is 0 Å². The SMILES string of the molecule is CN(C)CCn1nnnc1SCC1=C(C(=O)O)N2C(=O)[C@H](N)[C@H]2SC1. The number of carbonyl (C=O) groups excluding carboxylic acids is 1. The Hall–Kier alpha value is -1.63. The van der Waals surface area contributed by atoms with Gasteiger partial charge in [0.05, 0.1) is 6.54 Å². The highest BCUT2D eigenvalue weighted by Gasteiger charge is 2.51. The van der Waals surface area contributed by atoms with Crippen molar-refractivity contribution in [2.75, 3.05) is 32.1 Å². The summed E-state index contributed by atoms with van der Waals surface area (Å²) in [4.78, 5) is 26.9. The van der Waals surface area contributed by atoms with E-state index in [2.05, 4.69) is 15.5 Å². The number of carbonyl (C=O) groups is 2. The van der Waals surface area contributed by atoms with Gasteiger partial charge in [0.25, 0.3) is 0 Å². The minimum atomic E-state index is -1.10. The maximum absolute atomic E-state index is 11.9. The minimum absolute atomic E-state index is 0.0512. The first-order valence-corrected chi connectivity index (χ1v) is 9.63. The lowest BCUT2D eigenvalue weighted by atomic mass is 10.0. The lowest BCUT2D eigenvalue weighted by Crippen LogP contribution is -2.68. The largest absolute Gasteiger partial charge is 0.477 e. The summed E-state index contributed by atoms with van der Waals surface area (Å²) in [5.41, 5.74) is 6.48. The summed E-state index contributed by atoms with van der Waals surface area (Å²) in [5.74, 6) is -0.514. The van der Waals surface area contributed by atoms with Crippen molar-refractivity contribution in [2.45, 2.75) is 23.1 Å². The van der Waals surface area contributed by atoms with Gasteiger partial charge in [0.1, 0.15) is 17.1 Å². The highest BCUT2D eigenvalue weighted by atomic mass is 32.2. The van der Waals surface area contributed by atoms with E-state index in [1.807, 2.05) is 19.0 Å². The molecular weight excluding hydrogens is 366 g/mol. The van der Waals surface area contributed by atoms with Gasteiger partial charge in [-0.3, -0.25) is 9.69 Å².